The Morgan fingerprint density at radius 3 is 2.96 bits per heavy atom. The monoisotopic (exact) mass is 377 g/mol. The lowest BCUT2D eigenvalue weighted by molar-refractivity contribution is 0.0916. The predicted octanol–water partition coefficient (Wildman–Crippen LogP) is 3.03. The van der Waals surface area contributed by atoms with Crippen LogP contribution in [-0.2, 0) is 6.42 Å². The average molecular weight is 377 g/mol. The fraction of sp³-hybridized carbons (Fsp3) is 0.318. The van der Waals surface area contributed by atoms with Crippen molar-refractivity contribution in [2.45, 2.75) is 25.3 Å². The molecule has 0 saturated carbocycles. The summed E-state index contributed by atoms with van der Waals surface area (Å²) in [6.45, 7) is 2.05. The van der Waals surface area contributed by atoms with Crippen molar-refractivity contribution < 1.29 is 7.65 Å². The van der Waals surface area contributed by atoms with Gasteiger partial charge in [0.2, 0.25) is 0 Å². The van der Waals surface area contributed by atoms with E-state index in [4.69, 9.17) is 0 Å². The molecule has 0 bridgehead atoms. The predicted molar refractivity (Wildman–Crippen MR) is 112 cm³/mol. The molecule has 0 atom stereocenters. The van der Waals surface area contributed by atoms with Gasteiger partial charge in [-0.25, -0.2) is 4.52 Å². The van der Waals surface area contributed by atoms with E-state index in [2.05, 4.69) is 45.6 Å². The summed E-state index contributed by atoms with van der Waals surface area (Å²) in [5.74, 6) is -0.0256. The number of nitrogens with one attached hydrogen (secondary N) is 1. The summed E-state index contributed by atoms with van der Waals surface area (Å²) >= 11 is 0. The number of hydrogen-bond donors (Lipinski definition) is 1. The molecule has 0 unspecified atom stereocenters. The maximum Gasteiger partial charge on any atom is 0.253 e. The molecule has 6 heteroatoms. The van der Waals surface area contributed by atoms with Crippen molar-refractivity contribution in [3.63, 3.8) is 0 Å². The van der Waals surface area contributed by atoms with E-state index in [1.807, 2.05) is 22.8 Å². The molecule has 2 aliphatic rings. The van der Waals surface area contributed by atoms with Crippen molar-refractivity contribution in [2.75, 3.05) is 20.1 Å². The minimum absolute atomic E-state index is 0. The van der Waals surface area contributed by atoms with Gasteiger partial charge in [-0.2, -0.15) is 5.10 Å². The van der Waals surface area contributed by atoms with Crippen molar-refractivity contribution >= 4 is 17.0 Å². The number of allylic oxidation sites excluding steroid dienone is 1. The lowest BCUT2D eigenvalue weighted by Crippen LogP contribution is -2.43. The van der Waals surface area contributed by atoms with E-state index >= 15 is 0 Å². The number of piperidine rings is 1. The topological polar surface area (TPSA) is 62.5 Å². The van der Waals surface area contributed by atoms with Crippen LogP contribution >= 0.6 is 0 Å². The van der Waals surface area contributed by atoms with Crippen LogP contribution < -0.4 is 5.32 Å². The minimum atomic E-state index is -0.0256. The molecule has 1 amide bonds. The molecular formula is C22H27N5O. The molecule has 5 rings (SSSR count). The number of nitrogens with zero attached hydrogens (tertiary/aromatic N) is 4. The maximum atomic E-state index is 12.8. The van der Waals surface area contributed by atoms with Crippen molar-refractivity contribution in [1.82, 2.24) is 24.8 Å². The minimum Gasteiger partial charge on any atom is -0.349 e. The number of pyridine rings is 2. The number of rotatable bonds is 3. The quantitative estimate of drug-likeness (QED) is 0.762. The molecule has 1 saturated heterocycles. The van der Waals surface area contributed by atoms with Crippen LogP contribution in [0.2, 0.25) is 0 Å². The van der Waals surface area contributed by atoms with Crippen LogP contribution in [0.25, 0.3) is 11.1 Å². The van der Waals surface area contributed by atoms with Crippen LogP contribution in [0.15, 0.2) is 48.9 Å². The first kappa shape index (κ1) is 17.1. The molecule has 6 nitrogen and oxygen atoms in total. The zero-order valence-electron chi connectivity index (χ0n) is 15.9. The van der Waals surface area contributed by atoms with Crippen molar-refractivity contribution in [2.24, 2.45) is 0 Å². The number of fused-ring (bicyclic) bond motifs is 2. The van der Waals surface area contributed by atoms with E-state index in [0.29, 0.717) is 5.56 Å². The van der Waals surface area contributed by atoms with E-state index in [9.17, 15) is 4.79 Å². The first-order valence-electron chi connectivity index (χ1n) is 9.80. The molecule has 0 spiro atoms. The number of aromatic nitrogens is 3. The van der Waals surface area contributed by atoms with E-state index in [0.717, 1.165) is 60.3 Å². The van der Waals surface area contributed by atoms with Gasteiger partial charge in [0.25, 0.3) is 5.91 Å². The SMILES string of the molecule is CN1CCC(NC(=O)c2cnc3c(c2)C(c2ccn4nccc4c2)=CC3)CC1.[HH].[HH]. The molecule has 4 heterocycles. The van der Waals surface area contributed by atoms with E-state index in [1.165, 1.54) is 0 Å². The van der Waals surface area contributed by atoms with E-state index < -0.39 is 0 Å². The Morgan fingerprint density at radius 1 is 1.25 bits per heavy atom. The molecule has 0 radical (unpaired) electrons. The number of hydrogen-bond acceptors (Lipinski definition) is 4. The molecule has 146 valence electrons. The molecule has 1 aliphatic heterocycles. The Morgan fingerprint density at radius 2 is 2.11 bits per heavy atom. The van der Waals surface area contributed by atoms with Crippen LogP contribution in [0.1, 0.15) is 42.9 Å². The summed E-state index contributed by atoms with van der Waals surface area (Å²) in [6.07, 6.45) is 10.5. The van der Waals surface area contributed by atoms with Gasteiger partial charge in [-0.1, -0.05) is 6.08 Å². The molecule has 3 aromatic rings. The number of likely N-dealkylation sites (tertiary alicyclic amines) is 1. The third-order valence-corrected chi connectivity index (χ3v) is 5.79. The Labute approximate surface area is 166 Å². The van der Waals surface area contributed by atoms with Crippen LogP contribution in [0.5, 0.6) is 0 Å². The van der Waals surface area contributed by atoms with Crippen LogP contribution in [0.4, 0.5) is 0 Å². The second-order valence-corrected chi connectivity index (χ2v) is 7.71. The highest BCUT2D eigenvalue weighted by Crippen LogP contribution is 2.32. The zero-order valence-corrected chi connectivity index (χ0v) is 15.9. The fourth-order valence-electron chi connectivity index (χ4n) is 4.11. The van der Waals surface area contributed by atoms with Crippen LogP contribution in [0.3, 0.4) is 0 Å². The standard InChI is InChI=1S/C22H23N5O.2H2/c1-26-9-6-17(7-10-26)25-22(28)16-13-20-19(2-3-21(20)23-14-16)15-5-11-27-18(12-15)4-8-24-27;;/h2,4-5,8,11-14,17H,3,6-7,9-10H2,1H3,(H,25,28);2*1H. The summed E-state index contributed by atoms with van der Waals surface area (Å²) in [4.78, 5) is 19.7. The second-order valence-electron chi connectivity index (χ2n) is 7.71. The maximum absolute atomic E-state index is 12.8. The van der Waals surface area contributed by atoms with Crippen LogP contribution in [0, 0.1) is 0 Å². The fourth-order valence-corrected chi connectivity index (χ4v) is 4.11. The Balaban J connectivity index is 0.00000128. The van der Waals surface area contributed by atoms with Crippen molar-refractivity contribution in [3.05, 3.63) is 71.3 Å². The highest BCUT2D eigenvalue weighted by Gasteiger charge is 2.22. The van der Waals surface area contributed by atoms with Crippen LogP contribution in [-0.4, -0.2) is 51.6 Å². The summed E-state index contributed by atoms with van der Waals surface area (Å²) in [5, 5.41) is 7.44. The van der Waals surface area contributed by atoms with Gasteiger partial charge >= 0.3 is 0 Å². The Bertz CT molecular complexity index is 1090. The van der Waals surface area contributed by atoms with E-state index in [-0.39, 0.29) is 14.8 Å². The normalized spacial score (nSPS) is 17.5. The summed E-state index contributed by atoms with van der Waals surface area (Å²) in [7, 11) is 2.12. The Kier molecular flexibility index (Phi) is 4.20. The highest BCUT2D eigenvalue weighted by molar-refractivity contribution is 5.96. The molecule has 28 heavy (non-hydrogen) atoms. The first-order chi connectivity index (χ1) is 13.7. The smallest absolute Gasteiger partial charge is 0.253 e. The summed E-state index contributed by atoms with van der Waals surface area (Å²) in [6, 6.07) is 8.41. The third kappa shape index (κ3) is 3.10. The van der Waals surface area contributed by atoms with Gasteiger partial charge in [-0.05, 0) is 68.4 Å². The first-order valence-corrected chi connectivity index (χ1v) is 9.80. The van der Waals surface area contributed by atoms with Gasteiger partial charge in [-0.3, -0.25) is 9.78 Å². The molecule has 1 N–H and O–H groups in total. The van der Waals surface area contributed by atoms with Gasteiger partial charge in [0.15, 0.2) is 0 Å². The Hall–Kier alpha value is -2.99. The average Bonchev–Trinajstić information content (AvgIpc) is 3.35. The molecule has 1 aliphatic carbocycles. The second kappa shape index (κ2) is 6.87. The summed E-state index contributed by atoms with van der Waals surface area (Å²) < 4.78 is 1.85. The number of carbonyl (C=O) groups is 1. The highest BCUT2D eigenvalue weighted by atomic mass is 16.1. The van der Waals surface area contributed by atoms with Crippen molar-refractivity contribution in [1.29, 1.82) is 0 Å². The summed E-state index contributed by atoms with van der Waals surface area (Å²) in [5.41, 5.74) is 6.03. The number of amides is 1. The van der Waals surface area contributed by atoms with E-state index in [1.54, 1.807) is 12.4 Å². The lowest BCUT2D eigenvalue weighted by atomic mass is 10.00. The molecule has 0 aromatic carbocycles. The molecule has 1 fully saturated rings. The lowest BCUT2D eigenvalue weighted by Gasteiger charge is -2.29. The van der Waals surface area contributed by atoms with Gasteiger partial charge in [0.05, 0.1) is 16.8 Å². The van der Waals surface area contributed by atoms with Gasteiger partial charge in [0, 0.05) is 39.5 Å². The number of carbonyl (C=O) groups excluding carboxylic acids is 1. The van der Waals surface area contributed by atoms with Gasteiger partial charge < -0.3 is 10.2 Å². The van der Waals surface area contributed by atoms with Gasteiger partial charge in [-0.15, -0.1) is 0 Å². The van der Waals surface area contributed by atoms with Crippen molar-refractivity contribution in [3.8, 4) is 0 Å². The van der Waals surface area contributed by atoms with Gasteiger partial charge in [0.1, 0.15) is 0 Å². The zero-order chi connectivity index (χ0) is 19.1. The molecule has 3 aromatic heterocycles. The third-order valence-electron chi connectivity index (χ3n) is 5.79. The molecular weight excluding hydrogens is 350 g/mol. The largest absolute Gasteiger partial charge is 0.349 e.